The zero-order chi connectivity index (χ0) is 9.42. The summed E-state index contributed by atoms with van der Waals surface area (Å²) in [5, 5.41) is 0.347. The molecule has 0 amide bonds. The molecule has 0 spiro atoms. The molecule has 0 aliphatic heterocycles. The number of carbonyl (C=O) groups excluding carboxylic acids is 1. The summed E-state index contributed by atoms with van der Waals surface area (Å²) < 4.78 is 13.1. The summed E-state index contributed by atoms with van der Waals surface area (Å²) >= 11 is 5.67. The molecule has 3 nitrogen and oxygen atoms in total. The molecule has 0 aromatic carbocycles. The van der Waals surface area contributed by atoms with Crippen LogP contribution in [0.15, 0.2) is 12.4 Å². The maximum atomic E-state index is 13.1. The molecule has 0 atom stereocenters. The summed E-state index contributed by atoms with van der Waals surface area (Å²) in [5.41, 5.74) is 0.598. The third kappa shape index (κ3) is 1.10. The first-order chi connectivity index (χ1) is 6.24. The summed E-state index contributed by atoms with van der Waals surface area (Å²) in [6.45, 7) is 0. The third-order valence-corrected chi connectivity index (χ3v) is 2.06. The van der Waals surface area contributed by atoms with Gasteiger partial charge >= 0.3 is 0 Å². The number of aldehydes is 1. The van der Waals surface area contributed by atoms with Crippen molar-refractivity contribution in [3.05, 3.63) is 28.9 Å². The molecule has 0 aliphatic carbocycles. The number of pyridine rings is 1. The van der Waals surface area contributed by atoms with E-state index in [2.05, 4.69) is 9.97 Å². The van der Waals surface area contributed by atoms with Gasteiger partial charge in [0.15, 0.2) is 17.3 Å². The molecule has 2 heterocycles. The highest BCUT2D eigenvalue weighted by Gasteiger charge is 2.11. The summed E-state index contributed by atoms with van der Waals surface area (Å²) in [5.74, 6) is -0.553. The summed E-state index contributed by atoms with van der Waals surface area (Å²) in [7, 11) is 0. The fraction of sp³-hybridized carbons (Fsp3) is 0. The lowest BCUT2D eigenvalue weighted by molar-refractivity contribution is 0.112. The molecule has 5 heteroatoms. The molecule has 0 aliphatic rings. The second-order valence-corrected chi connectivity index (χ2v) is 2.87. The van der Waals surface area contributed by atoms with Crippen LogP contribution in [0.2, 0.25) is 5.15 Å². The van der Waals surface area contributed by atoms with E-state index in [9.17, 15) is 9.18 Å². The Morgan fingerprint density at radius 2 is 2.38 bits per heavy atom. The van der Waals surface area contributed by atoms with E-state index >= 15 is 0 Å². The highest BCUT2D eigenvalue weighted by molar-refractivity contribution is 6.34. The van der Waals surface area contributed by atoms with Crippen molar-refractivity contribution in [1.82, 2.24) is 9.97 Å². The van der Waals surface area contributed by atoms with Crippen molar-refractivity contribution in [2.45, 2.75) is 0 Å². The molecule has 0 fully saturated rings. The second kappa shape index (κ2) is 2.81. The fourth-order valence-corrected chi connectivity index (χ4v) is 1.39. The van der Waals surface area contributed by atoms with Gasteiger partial charge in [-0.3, -0.25) is 4.79 Å². The van der Waals surface area contributed by atoms with Crippen LogP contribution in [0.1, 0.15) is 10.4 Å². The molecular weight excluding hydrogens is 195 g/mol. The Hall–Kier alpha value is -1.42. The minimum atomic E-state index is -0.553. The summed E-state index contributed by atoms with van der Waals surface area (Å²) in [4.78, 5) is 16.8. The molecule has 0 bridgehead atoms. The molecule has 2 aromatic rings. The van der Waals surface area contributed by atoms with E-state index < -0.39 is 5.82 Å². The largest absolute Gasteiger partial charge is 0.358 e. The van der Waals surface area contributed by atoms with E-state index in [1.807, 2.05) is 0 Å². The molecule has 0 unspecified atom stereocenters. The average molecular weight is 199 g/mol. The van der Waals surface area contributed by atoms with Crippen LogP contribution >= 0.6 is 11.6 Å². The number of halogens is 2. The minimum absolute atomic E-state index is 0.157. The number of hydrogen-bond acceptors (Lipinski definition) is 2. The van der Waals surface area contributed by atoms with Gasteiger partial charge in [0.25, 0.3) is 0 Å². The van der Waals surface area contributed by atoms with Crippen molar-refractivity contribution in [3.8, 4) is 0 Å². The van der Waals surface area contributed by atoms with E-state index in [1.54, 1.807) is 0 Å². The van der Waals surface area contributed by atoms with Crippen LogP contribution in [0.4, 0.5) is 4.39 Å². The number of nitrogens with one attached hydrogen (secondary N) is 1. The maximum Gasteiger partial charge on any atom is 0.153 e. The zero-order valence-electron chi connectivity index (χ0n) is 6.34. The van der Waals surface area contributed by atoms with Crippen molar-refractivity contribution in [2.75, 3.05) is 0 Å². The van der Waals surface area contributed by atoms with Gasteiger partial charge in [-0.05, 0) is 0 Å². The molecular formula is C8H4ClFN2O. The fourth-order valence-electron chi connectivity index (χ4n) is 1.19. The number of H-pyrrole nitrogens is 1. The van der Waals surface area contributed by atoms with Crippen molar-refractivity contribution >= 4 is 28.8 Å². The predicted octanol–water partition coefficient (Wildman–Crippen LogP) is 2.17. The summed E-state index contributed by atoms with van der Waals surface area (Å²) in [6, 6.07) is 0. The number of hydrogen-bond donors (Lipinski definition) is 1. The lowest BCUT2D eigenvalue weighted by atomic mass is 10.2. The smallest absolute Gasteiger partial charge is 0.153 e. The zero-order valence-corrected chi connectivity index (χ0v) is 7.10. The number of carbonyl (C=O) groups is 1. The Morgan fingerprint density at radius 3 is 3.08 bits per heavy atom. The Kier molecular flexibility index (Phi) is 1.77. The van der Waals surface area contributed by atoms with Crippen LogP contribution in [-0.4, -0.2) is 16.3 Å². The van der Waals surface area contributed by atoms with Gasteiger partial charge < -0.3 is 4.98 Å². The van der Waals surface area contributed by atoms with Gasteiger partial charge in [-0.15, -0.1) is 0 Å². The molecule has 2 rings (SSSR count). The number of fused-ring (bicyclic) bond motifs is 1. The first-order valence-corrected chi connectivity index (χ1v) is 3.88. The maximum absolute atomic E-state index is 13.1. The quantitative estimate of drug-likeness (QED) is 0.564. The normalized spacial score (nSPS) is 10.6. The van der Waals surface area contributed by atoms with E-state index in [-0.39, 0.29) is 16.1 Å². The van der Waals surface area contributed by atoms with E-state index in [0.29, 0.717) is 11.8 Å². The monoisotopic (exact) mass is 198 g/mol. The SMILES string of the molecule is O=Cc1c[nH]c2c(Cl)ncc(F)c12. The van der Waals surface area contributed by atoms with Crippen LogP contribution in [0.25, 0.3) is 10.9 Å². The molecule has 2 aromatic heterocycles. The molecule has 0 saturated heterocycles. The Morgan fingerprint density at radius 1 is 1.62 bits per heavy atom. The first kappa shape index (κ1) is 8.19. The van der Waals surface area contributed by atoms with Gasteiger partial charge in [0.1, 0.15) is 0 Å². The lowest BCUT2D eigenvalue weighted by Gasteiger charge is -1.94. The van der Waals surface area contributed by atoms with Crippen LogP contribution in [0.3, 0.4) is 0 Å². The average Bonchev–Trinajstić information content (AvgIpc) is 2.56. The van der Waals surface area contributed by atoms with Gasteiger partial charge in [0.2, 0.25) is 0 Å². The van der Waals surface area contributed by atoms with E-state index in [0.717, 1.165) is 6.20 Å². The van der Waals surface area contributed by atoms with Gasteiger partial charge in [-0.25, -0.2) is 9.37 Å². The van der Waals surface area contributed by atoms with Crippen LogP contribution in [0.5, 0.6) is 0 Å². The molecule has 13 heavy (non-hydrogen) atoms. The van der Waals surface area contributed by atoms with Gasteiger partial charge in [-0.1, -0.05) is 11.6 Å². The minimum Gasteiger partial charge on any atom is -0.358 e. The molecule has 0 radical (unpaired) electrons. The van der Waals surface area contributed by atoms with Gasteiger partial charge in [-0.2, -0.15) is 0 Å². The van der Waals surface area contributed by atoms with Crippen molar-refractivity contribution in [2.24, 2.45) is 0 Å². The number of aromatic nitrogens is 2. The number of nitrogens with zero attached hydrogens (tertiary/aromatic N) is 1. The first-order valence-electron chi connectivity index (χ1n) is 3.50. The van der Waals surface area contributed by atoms with Crippen LogP contribution in [-0.2, 0) is 0 Å². The number of aromatic amines is 1. The van der Waals surface area contributed by atoms with Crippen molar-refractivity contribution in [3.63, 3.8) is 0 Å². The Bertz CT molecular complexity index is 480. The van der Waals surface area contributed by atoms with Crippen molar-refractivity contribution < 1.29 is 9.18 Å². The highest BCUT2D eigenvalue weighted by Crippen LogP contribution is 2.24. The van der Waals surface area contributed by atoms with Gasteiger partial charge in [0.05, 0.1) is 17.1 Å². The predicted molar refractivity (Wildman–Crippen MR) is 46.4 cm³/mol. The lowest BCUT2D eigenvalue weighted by Crippen LogP contribution is -1.84. The van der Waals surface area contributed by atoms with E-state index in [1.165, 1.54) is 6.20 Å². The molecule has 1 N–H and O–H groups in total. The number of rotatable bonds is 1. The topological polar surface area (TPSA) is 45.8 Å². The van der Waals surface area contributed by atoms with E-state index in [4.69, 9.17) is 11.6 Å². The van der Waals surface area contributed by atoms with Crippen molar-refractivity contribution in [1.29, 1.82) is 0 Å². The van der Waals surface area contributed by atoms with Gasteiger partial charge in [0, 0.05) is 11.8 Å². The highest BCUT2D eigenvalue weighted by atomic mass is 35.5. The van der Waals surface area contributed by atoms with Crippen LogP contribution < -0.4 is 0 Å². The standard InChI is InChI=1S/C8H4ClFN2O/c9-8-7-6(5(10)2-12-8)4(3-13)1-11-7/h1-3,11H. The third-order valence-electron chi connectivity index (χ3n) is 1.77. The Labute approximate surface area is 77.5 Å². The molecule has 0 saturated carbocycles. The summed E-state index contributed by atoms with van der Waals surface area (Å²) in [6.07, 6.45) is 2.96. The van der Waals surface area contributed by atoms with Crippen LogP contribution in [0, 0.1) is 5.82 Å². The Balaban J connectivity index is 2.95. The second-order valence-electron chi connectivity index (χ2n) is 2.51. The molecule has 66 valence electrons.